The van der Waals surface area contributed by atoms with E-state index in [0.29, 0.717) is 6.42 Å². The molecule has 0 heterocycles. The Morgan fingerprint density at radius 2 is 2.00 bits per heavy atom. The average molecular weight is 183 g/mol. The summed E-state index contributed by atoms with van der Waals surface area (Å²) < 4.78 is 0. The Bertz CT molecular complexity index is 189. The molecule has 1 unspecified atom stereocenters. The second-order valence-electron chi connectivity index (χ2n) is 3.80. The molecule has 0 rings (SSSR count). The number of nitrogens with zero attached hydrogens (tertiary/aromatic N) is 1. The quantitative estimate of drug-likeness (QED) is 0.633. The maximum absolute atomic E-state index is 9.05. The molecule has 3 nitrogen and oxygen atoms in total. The van der Waals surface area contributed by atoms with Crippen molar-refractivity contribution in [3.63, 3.8) is 0 Å². The molecule has 0 aromatic rings. The van der Waals surface area contributed by atoms with E-state index >= 15 is 0 Å². The van der Waals surface area contributed by atoms with Crippen LogP contribution < -0.4 is 0 Å². The van der Waals surface area contributed by atoms with Gasteiger partial charge in [-0.2, -0.15) is 5.26 Å². The van der Waals surface area contributed by atoms with Crippen LogP contribution in [0.5, 0.6) is 0 Å². The largest absolute Gasteiger partial charge is 0.451 e. The molecule has 0 saturated carbocycles. The van der Waals surface area contributed by atoms with Crippen molar-refractivity contribution in [3.05, 3.63) is 0 Å². The highest BCUT2D eigenvalue weighted by Crippen LogP contribution is 2.35. The fourth-order valence-corrected chi connectivity index (χ4v) is 1.52. The van der Waals surface area contributed by atoms with Gasteiger partial charge < -0.3 is 10.0 Å². The summed E-state index contributed by atoms with van der Waals surface area (Å²) in [5.74, 6) is 0.251. The van der Waals surface area contributed by atoms with Crippen LogP contribution in [0.4, 0.5) is 0 Å². The molecule has 0 aliphatic heterocycles. The van der Waals surface area contributed by atoms with Crippen molar-refractivity contribution in [3.8, 4) is 6.07 Å². The zero-order valence-electron chi connectivity index (χ0n) is 8.62. The van der Waals surface area contributed by atoms with Gasteiger partial charge >= 0.3 is 7.12 Å². The van der Waals surface area contributed by atoms with Crippen molar-refractivity contribution in [2.24, 2.45) is 11.3 Å². The van der Waals surface area contributed by atoms with Gasteiger partial charge in [0.1, 0.15) is 0 Å². The molecule has 0 bridgehead atoms. The van der Waals surface area contributed by atoms with E-state index < -0.39 is 12.5 Å². The maximum atomic E-state index is 9.05. The molecule has 0 fully saturated rings. The second kappa shape index (κ2) is 5.26. The van der Waals surface area contributed by atoms with Gasteiger partial charge in [-0.25, -0.2) is 0 Å². The smallest absolute Gasteiger partial charge is 0.427 e. The first-order valence-corrected chi connectivity index (χ1v) is 4.76. The Morgan fingerprint density at radius 3 is 2.23 bits per heavy atom. The Balaban J connectivity index is 4.33. The molecule has 0 aliphatic rings. The third-order valence-electron chi connectivity index (χ3n) is 2.81. The van der Waals surface area contributed by atoms with Crippen LogP contribution in [0.15, 0.2) is 0 Å². The lowest BCUT2D eigenvalue weighted by molar-refractivity contribution is 0.248. The summed E-state index contributed by atoms with van der Waals surface area (Å²) in [6.07, 6.45) is 1.59. The molecule has 1 atom stereocenters. The summed E-state index contributed by atoms with van der Waals surface area (Å²) in [4.78, 5) is 0. The van der Waals surface area contributed by atoms with Crippen LogP contribution >= 0.6 is 0 Å². The summed E-state index contributed by atoms with van der Waals surface area (Å²) in [6.45, 7) is 5.96. The van der Waals surface area contributed by atoms with E-state index in [9.17, 15) is 0 Å². The third kappa shape index (κ3) is 3.37. The molecule has 0 aliphatic carbocycles. The Kier molecular flexibility index (Phi) is 5.05. The number of nitriles is 1. The Morgan fingerprint density at radius 1 is 1.46 bits per heavy atom. The van der Waals surface area contributed by atoms with Crippen molar-refractivity contribution < 1.29 is 10.0 Å². The van der Waals surface area contributed by atoms with E-state index in [1.54, 1.807) is 0 Å². The second-order valence-corrected chi connectivity index (χ2v) is 3.80. The van der Waals surface area contributed by atoms with Crippen molar-refractivity contribution >= 4 is 7.12 Å². The van der Waals surface area contributed by atoms with Crippen LogP contribution in [-0.2, 0) is 0 Å². The SMILES string of the molecule is CCC(C#N)(CCB(O)O)C(C)C. The molecular formula is C9H18BNO2. The Hall–Kier alpha value is -0.525. The van der Waals surface area contributed by atoms with E-state index in [1.807, 2.05) is 20.8 Å². The zero-order chi connectivity index (χ0) is 10.5. The highest BCUT2D eigenvalue weighted by molar-refractivity contribution is 6.40. The van der Waals surface area contributed by atoms with Crippen LogP contribution in [0.25, 0.3) is 0 Å². The average Bonchev–Trinajstić information content (AvgIpc) is 2.06. The first kappa shape index (κ1) is 12.5. The molecule has 74 valence electrons. The van der Waals surface area contributed by atoms with Gasteiger partial charge in [0.2, 0.25) is 0 Å². The first-order chi connectivity index (χ1) is 5.98. The summed E-state index contributed by atoms with van der Waals surface area (Å²) in [7, 11) is -1.29. The zero-order valence-corrected chi connectivity index (χ0v) is 8.62. The minimum atomic E-state index is -1.29. The molecule has 0 aromatic heterocycles. The summed E-state index contributed by atoms with van der Waals surface area (Å²) in [6, 6.07) is 2.30. The van der Waals surface area contributed by atoms with Gasteiger partial charge in [-0.05, 0) is 25.1 Å². The van der Waals surface area contributed by atoms with Gasteiger partial charge in [0.15, 0.2) is 0 Å². The monoisotopic (exact) mass is 183 g/mol. The van der Waals surface area contributed by atoms with Crippen LogP contribution in [-0.4, -0.2) is 17.2 Å². The van der Waals surface area contributed by atoms with Gasteiger partial charge in [-0.15, -0.1) is 0 Å². The lowest BCUT2D eigenvalue weighted by Crippen LogP contribution is -2.27. The van der Waals surface area contributed by atoms with Gasteiger partial charge in [0, 0.05) is 0 Å². The van der Waals surface area contributed by atoms with Crippen molar-refractivity contribution in [1.82, 2.24) is 0 Å². The van der Waals surface area contributed by atoms with Gasteiger partial charge in [-0.1, -0.05) is 20.8 Å². The summed E-state index contributed by atoms with van der Waals surface area (Å²) in [5, 5.41) is 26.5. The molecule has 2 N–H and O–H groups in total. The maximum Gasteiger partial charge on any atom is 0.451 e. The summed E-state index contributed by atoms with van der Waals surface area (Å²) >= 11 is 0. The van der Waals surface area contributed by atoms with Crippen molar-refractivity contribution in [1.29, 1.82) is 5.26 Å². The van der Waals surface area contributed by atoms with Gasteiger partial charge in [-0.3, -0.25) is 0 Å². The molecular weight excluding hydrogens is 165 g/mol. The van der Waals surface area contributed by atoms with Crippen LogP contribution in [0.3, 0.4) is 0 Å². The van der Waals surface area contributed by atoms with Gasteiger partial charge in [0.05, 0.1) is 11.5 Å². The lowest BCUT2D eigenvalue weighted by Gasteiger charge is -2.29. The highest BCUT2D eigenvalue weighted by Gasteiger charge is 2.32. The molecule has 0 radical (unpaired) electrons. The first-order valence-electron chi connectivity index (χ1n) is 4.76. The molecule has 13 heavy (non-hydrogen) atoms. The van der Waals surface area contributed by atoms with Crippen LogP contribution in [0, 0.1) is 22.7 Å². The third-order valence-corrected chi connectivity index (χ3v) is 2.81. The Labute approximate surface area is 80.5 Å². The van der Waals surface area contributed by atoms with E-state index in [0.717, 1.165) is 6.42 Å². The number of hydrogen-bond donors (Lipinski definition) is 2. The van der Waals surface area contributed by atoms with Crippen molar-refractivity contribution in [2.75, 3.05) is 0 Å². The minimum Gasteiger partial charge on any atom is -0.427 e. The molecule has 0 amide bonds. The standard InChI is InChI=1S/C9H18BNO2/c1-4-9(7-11,8(2)3)5-6-10(12)13/h8,12-13H,4-6H2,1-3H3. The molecule has 4 heteroatoms. The predicted octanol–water partition coefficient (Wildman–Crippen LogP) is 1.43. The summed E-state index contributed by atoms with van der Waals surface area (Å²) in [5.41, 5.74) is -0.399. The van der Waals surface area contributed by atoms with E-state index in [4.69, 9.17) is 15.3 Å². The van der Waals surface area contributed by atoms with Gasteiger partial charge in [0.25, 0.3) is 0 Å². The van der Waals surface area contributed by atoms with E-state index in [1.165, 1.54) is 0 Å². The molecule has 0 aromatic carbocycles. The van der Waals surface area contributed by atoms with E-state index in [2.05, 4.69) is 6.07 Å². The van der Waals surface area contributed by atoms with Crippen LogP contribution in [0.2, 0.25) is 6.32 Å². The normalized spacial score (nSPS) is 15.2. The molecule has 0 saturated heterocycles. The minimum absolute atomic E-state index is 0.251. The number of rotatable bonds is 5. The number of hydrogen-bond acceptors (Lipinski definition) is 3. The fraction of sp³-hybridized carbons (Fsp3) is 0.889. The highest BCUT2D eigenvalue weighted by atomic mass is 16.4. The fourth-order valence-electron chi connectivity index (χ4n) is 1.52. The predicted molar refractivity (Wildman–Crippen MR) is 52.8 cm³/mol. The topological polar surface area (TPSA) is 64.2 Å². The van der Waals surface area contributed by atoms with Crippen LogP contribution in [0.1, 0.15) is 33.6 Å². The van der Waals surface area contributed by atoms with E-state index in [-0.39, 0.29) is 12.2 Å². The molecule has 0 spiro atoms. The lowest BCUT2D eigenvalue weighted by atomic mass is 9.68. The van der Waals surface area contributed by atoms with Crippen molar-refractivity contribution in [2.45, 2.75) is 39.9 Å².